The molecular formula is C17H22NO4P. The van der Waals surface area contributed by atoms with E-state index in [1.807, 2.05) is 6.07 Å². The molecule has 0 aromatic heterocycles. The number of nitriles is 1. The maximum atomic E-state index is 13.2. The Balaban J connectivity index is 3.47. The SMILES string of the molecule is CC(=O)/C(=C/c1ccccc1C#N)P(=O)(OC(C)C)OC(C)C. The molecule has 0 saturated heterocycles. The molecule has 0 N–H and O–H groups in total. The van der Waals surface area contributed by atoms with Gasteiger partial charge in [0.05, 0.1) is 23.8 Å². The van der Waals surface area contributed by atoms with Gasteiger partial charge in [-0.05, 0) is 52.3 Å². The van der Waals surface area contributed by atoms with E-state index in [1.54, 1.807) is 52.0 Å². The third-order valence-corrected chi connectivity index (χ3v) is 5.16. The summed E-state index contributed by atoms with van der Waals surface area (Å²) in [6, 6.07) is 8.81. The van der Waals surface area contributed by atoms with Crippen LogP contribution in [0, 0.1) is 11.3 Å². The smallest absolute Gasteiger partial charge is 0.302 e. The molecule has 0 aliphatic rings. The molecule has 1 aromatic rings. The van der Waals surface area contributed by atoms with E-state index in [0.717, 1.165) is 0 Å². The third-order valence-electron chi connectivity index (χ3n) is 2.73. The highest BCUT2D eigenvalue weighted by atomic mass is 31.2. The first-order valence-electron chi connectivity index (χ1n) is 7.38. The van der Waals surface area contributed by atoms with Gasteiger partial charge in [0.25, 0.3) is 0 Å². The van der Waals surface area contributed by atoms with E-state index in [1.165, 1.54) is 13.0 Å². The molecule has 0 heterocycles. The highest BCUT2D eigenvalue weighted by molar-refractivity contribution is 7.60. The van der Waals surface area contributed by atoms with Crippen LogP contribution in [0.15, 0.2) is 29.6 Å². The predicted octanol–water partition coefficient (Wildman–Crippen LogP) is 4.53. The summed E-state index contributed by atoms with van der Waals surface area (Å²) in [7, 11) is -3.79. The zero-order valence-corrected chi connectivity index (χ0v) is 15.0. The molecule has 0 atom stereocenters. The Kier molecular flexibility index (Phi) is 6.90. The van der Waals surface area contributed by atoms with Crippen molar-refractivity contribution in [1.82, 2.24) is 0 Å². The molecule has 1 rings (SSSR count). The normalized spacial score (nSPS) is 12.5. The number of ketones is 1. The molecule has 0 fully saturated rings. The molecule has 0 radical (unpaired) electrons. The summed E-state index contributed by atoms with van der Waals surface area (Å²) < 4.78 is 24.1. The molecule has 0 amide bonds. The highest BCUT2D eigenvalue weighted by Gasteiger charge is 2.35. The van der Waals surface area contributed by atoms with E-state index in [2.05, 4.69) is 0 Å². The van der Waals surface area contributed by atoms with E-state index < -0.39 is 13.4 Å². The molecule has 5 nitrogen and oxygen atoms in total. The molecule has 23 heavy (non-hydrogen) atoms. The van der Waals surface area contributed by atoms with Crippen molar-refractivity contribution in [1.29, 1.82) is 5.26 Å². The van der Waals surface area contributed by atoms with Gasteiger partial charge in [-0.3, -0.25) is 9.36 Å². The average molecular weight is 335 g/mol. The molecule has 124 valence electrons. The molecule has 0 aliphatic heterocycles. The van der Waals surface area contributed by atoms with Gasteiger partial charge >= 0.3 is 7.60 Å². The monoisotopic (exact) mass is 335 g/mol. The lowest BCUT2D eigenvalue weighted by Crippen LogP contribution is -2.12. The van der Waals surface area contributed by atoms with Gasteiger partial charge in [-0.15, -0.1) is 0 Å². The van der Waals surface area contributed by atoms with Crippen molar-refractivity contribution in [3.63, 3.8) is 0 Å². The van der Waals surface area contributed by atoms with Crippen LogP contribution in [0.4, 0.5) is 0 Å². The van der Waals surface area contributed by atoms with Gasteiger partial charge in [0, 0.05) is 0 Å². The Morgan fingerprint density at radius 2 is 1.70 bits per heavy atom. The summed E-state index contributed by atoms with van der Waals surface area (Å²) in [5, 5.41) is 9.11. The van der Waals surface area contributed by atoms with Crippen molar-refractivity contribution in [2.45, 2.75) is 46.8 Å². The maximum Gasteiger partial charge on any atom is 0.365 e. The zero-order valence-electron chi connectivity index (χ0n) is 14.1. The largest absolute Gasteiger partial charge is 0.365 e. The Labute approximate surface area is 137 Å². The van der Waals surface area contributed by atoms with Crippen molar-refractivity contribution in [2.75, 3.05) is 0 Å². The minimum atomic E-state index is -3.79. The summed E-state index contributed by atoms with van der Waals surface area (Å²) in [6.45, 7) is 8.18. The number of carbonyl (C=O) groups excluding carboxylic acids is 1. The fourth-order valence-electron chi connectivity index (χ4n) is 1.94. The minimum Gasteiger partial charge on any atom is -0.302 e. The first-order valence-corrected chi connectivity index (χ1v) is 8.93. The average Bonchev–Trinajstić information content (AvgIpc) is 2.42. The lowest BCUT2D eigenvalue weighted by Gasteiger charge is -2.24. The lowest BCUT2D eigenvalue weighted by atomic mass is 10.1. The quantitative estimate of drug-likeness (QED) is 0.540. The van der Waals surface area contributed by atoms with Gasteiger partial charge < -0.3 is 9.05 Å². The second-order valence-electron chi connectivity index (χ2n) is 5.59. The van der Waals surface area contributed by atoms with Crippen LogP contribution in [-0.4, -0.2) is 18.0 Å². The lowest BCUT2D eigenvalue weighted by molar-refractivity contribution is -0.113. The first kappa shape index (κ1) is 19.3. The van der Waals surface area contributed by atoms with Crippen LogP contribution in [0.25, 0.3) is 6.08 Å². The fraction of sp³-hybridized carbons (Fsp3) is 0.412. The van der Waals surface area contributed by atoms with Crippen LogP contribution < -0.4 is 0 Å². The molecule has 0 spiro atoms. The molecule has 0 unspecified atom stereocenters. The van der Waals surface area contributed by atoms with Crippen LogP contribution in [0.3, 0.4) is 0 Å². The molecule has 0 bridgehead atoms. The number of carbonyl (C=O) groups is 1. The number of Topliss-reactive ketones (excluding diaryl/α,β-unsaturated/α-hetero) is 1. The molecule has 6 heteroatoms. The predicted molar refractivity (Wildman–Crippen MR) is 89.9 cm³/mol. The topological polar surface area (TPSA) is 76.4 Å². The minimum absolute atomic E-state index is 0.0531. The number of benzene rings is 1. The second kappa shape index (κ2) is 8.21. The van der Waals surface area contributed by atoms with E-state index in [4.69, 9.17) is 14.3 Å². The van der Waals surface area contributed by atoms with Crippen LogP contribution in [0.2, 0.25) is 0 Å². The van der Waals surface area contributed by atoms with Crippen LogP contribution >= 0.6 is 7.60 Å². The van der Waals surface area contributed by atoms with E-state index >= 15 is 0 Å². The molecule has 0 saturated carbocycles. The van der Waals surface area contributed by atoms with Gasteiger partial charge in [-0.1, -0.05) is 18.2 Å². The standard InChI is InChI=1S/C17H22NO4P/c1-12(2)21-23(20,22-13(3)4)17(14(5)19)10-15-8-6-7-9-16(15)11-18/h6-10,12-13H,1-5H3/b17-10-. The summed E-state index contributed by atoms with van der Waals surface area (Å²) in [4.78, 5) is 12.1. The van der Waals surface area contributed by atoms with Crippen molar-refractivity contribution < 1.29 is 18.4 Å². The number of hydrogen-bond acceptors (Lipinski definition) is 5. The van der Waals surface area contributed by atoms with E-state index in [-0.39, 0.29) is 17.5 Å². The van der Waals surface area contributed by atoms with E-state index in [0.29, 0.717) is 11.1 Å². The van der Waals surface area contributed by atoms with Crippen LogP contribution in [0.5, 0.6) is 0 Å². The van der Waals surface area contributed by atoms with Crippen LogP contribution in [-0.2, 0) is 18.4 Å². The number of rotatable bonds is 7. The summed E-state index contributed by atoms with van der Waals surface area (Å²) >= 11 is 0. The van der Waals surface area contributed by atoms with Gasteiger partial charge in [-0.2, -0.15) is 5.26 Å². The molecular weight excluding hydrogens is 313 g/mol. The van der Waals surface area contributed by atoms with Gasteiger partial charge in [0.15, 0.2) is 5.78 Å². The van der Waals surface area contributed by atoms with Gasteiger partial charge in [0.1, 0.15) is 5.31 Å². The van der Waals surface area contributed by atoms with Gasteiger partial charge in [-0.25, -0.2) is 0 Å². The molecule has 0 aliphatic carbocycles. The Hall–Kier alpha value is -1.73. The first-order chi connectivity index (χ1) is 10.7. The summed E-state index contributed by atoms with van der Waals surface area (Å²) in [6.07, 6.45) is 0.661. The second-order valence-corrected chi connectivity index (χ2v) is 7.49. The summed E-state index contributed by atoms with van der Waals surface area (Å²) in [5.41, 5.74) is 0.882. The molecule has 1 aromatic carbocycles. The summed E-state index contributed by atoms with van der Waals surface area (Å²) in [5.74, 6) is -0.414. The van der Waals surface area contributed by atoms with Crippen molar-refractivity contribution in [3.8, 4) is 6.07 Å². The third kappa shape index (κ3) is 5.44. The fourth-order valence-corrected chi connectivity index (χ4v) is 4.01. The van der Waals surface area contributed by atoms with Crippen molar-refractivity contribution in [3.05, 3.63) is 40.7 Å². The highest BCUT2D eigenvalue weighted by Crippen LogP contribution is 2.58. The maximum absolute atomic E-state index is 13.2. The Morgan fingerprint density at radius 1 is 1.17 bits per heavy atom. The Bertz CT molecular complexity index is 672. The number of hydrogen-bond donors (Lipinski definition) is 0. The number of nitrogens with zero attached hydrogens (tertiary/aromatic N) is 1. The zero-order chi connectivity index (χ0) is 17.6. The van der Waals surface area contributed by atoms with Crippen molar-refractivity contribution >= 4 is 19.5 Å². The van der Waals surface area contributed by atoms with Crippen molar-refractivity contribution in [2.24, 2.45) is 0 Å². The number of allylic oxidation sites excluding steroid dienone is 1. The van der Waals surface area contributed by atoms with Gasteiger partial charge in [0.2, 0.25) is 0 Å². The van der Waals surface area contributed by atoms with Crippen LogP contribution in [0.1, 0.15) is 45.7 Å². The Morgan fingerprint density at radius 3 is 2.13 bits per heavy atom. The van der Waals surface area contributed by atoms with E-state index in [9.17, 15) is 9.36 Å².